The lowest BCUT2D eigenvalue weighted by Gasteiger charge is -2.19. The largest absolute Gasteiger partial charge is 0.472 e. The summed E-state index contributed by atoms with van der Waals surface area (Å²) in [6.45, 7) is 3.66. The van der Waals surface area contributed by atoms with E-state index in [0.717, 1.165) is 77.0 Å². The third-order valence-corrected chi connectivity index (χ3v) is 10.2. The molecule has 3 N–H and O–H groups in total. The number of unbranched alkanes of at least 4 members (excludes halogenated alkanes) is 20. The third kappa shape index (κ3) is 41.4. The van der Waals surface area contributed by atoms with Crippen molar-refractivity contribution in [3.8, 4) is 0 Å². The Morgan fingerprint density at radius 3 is 1.38 bits per heavy atom. The Morgan fingerprint density at radius 1 is 0.545 bits per heavy atom. The number of phosphoric ester groups is 1. The zero-order valence-electron chi connectivity index (χ0n) is 35.2. The second-order valence-corrected chi connectivity index (χ2v) is 16.0. The van der Waals surface area contributed by atoms with Crippen molar-refractivity contribution in [3.05, 3.63) is 48.6 Å². The molecule has 0 aliphatic rings. The molecule has 1 unspecified atom stereocenters. The Hall–Kier alpha value is -2.03. The summed E-state index contributed by atoms with van der Waals surface area (Å²) in [5, 5.41) is 0. The maximum atomic E-state index is 12.6. The standard InChI is InChI=1S/C45H82NO8P/c1-3-5-7-9-11-13-15-17-19-20-21-22-24-25-27-29-31-33-35-37-44(47)51-41-43(42-53-55(49,50)52-40-39-46)54-45(48)38-36-34-32-30-28-26-23-18-16-14-12-10-8-6-4-2/h11-14,17-19,23,43H,3-10,15-16,20-22,24-42,46H2,1-2H3,(H,49,50)/t43-/m1/s1. The van der Waals surface area contributed by atoms with Crippen LogP contribution in [0.15, 0.2) is 48.6 Å². The number of hydrogen-bond acceptors (Lipinski definition) is 8. The molecule has 55 heavy (non-hydrogen) atoms. The van der Waals surface area contributed by atoms with Crippen LogP contribution in [0.2, 0.25) is 0 Å². The van der Waals surface area contributed by atoms with Gasteiger partial charge in [-0.05, 0) is 77.0 Å². The molecule has 0 fully saturated rings. The molecule has 9 nitrogen and oxygen atoms in total. The monoisotopic (exact) mass is 796 g/mol. The number of rotatable bonds is 41. The van der Waals surface area contributed by atoms with E-state index in [9.17, 15) is 19.0 Å². The van der Waals surface area contributed by atoms with Crippen LogP contribution in [0.3, 0.4) is 0 Å². The summed E-state index contributed by atoms with van der Waals surface area (Å²) in [4.78, 5) is 34.9. The van der Waals surface area contributed by atoms with Crippen LogP contribution >= 0.6 is 7.82 Å². The fraction of sp³-hybridized carbons (Fsp3) is 0.778. The molecular formula is C45H82NO8P. The molecule has 0 heterocycles. The molecule has 0 saturated carbocycles. The van der Waals surface area contributed by atoms with Crippen molar-refractivity contribution in [2.45, 2.75) is 200 Å². The molecular weight excluding hydrogens is 713 g/mol. The van der Waals surface area contributed by atoms with Gasteiger partial charge in [-0.15, -0.1) is 0 Å². The summed E-state index contributed by atoms with van der Waals surface area (Å²) in [6.07, 6.45) is 47.0. The molecule has 0 aromatic carbocycles. The van der Waals surface area contributed by atoms with Crippen molar-refractivity contribution < 1.29 is 37.6 Å². The first kappa shape index (κ1) is 53.0. The Bertz CT molecular complexity index is 1040. The Morgan fingerprint density at radius 2 is 0.945 bits per heavy atom. The minimum atomic E-state index is -4.38. The van der Waals surface area contributed by atoms with Gasteiger partial charge in [-0.25, -0.2) is 4.57 Å². The lowest BCUT2D eigenvalue weighted by molar-refractivity contribution is -0.161. The Balaban J connectivity index is 4.15. The van der Waals surface area contributed by atoms with Crippen LogP contribution in [0.4, 0.5) is 0 Å². The van der Waals surface area contributed by atoms with Gasteiger partial charge in [0, 0.05) is 19.4 Å². The third-order valence-electron chi connectivity index (χ3n) is 9.19. The fourth-order valence-corrected chi connectivity index (χ4v) is 6.64. The summed E-state index contributed by atoms with van der Waals surface area (Å²) >= 11 is 0. The van der Waals surface area contributed by atoms with Gasteiger partial charge in [0.1, 0.15) is 6.61 Å². The lowest BCUT2D eigenvalue weighted by Crippen LogP contribution is -2.29. The smallest absolute Gasteiger partial charge is 0.462 e. The van der Waals surface area contributed by atoms with E-state index in [0.29, 0.717) is 6.42 Å². The SMILES string of the molecule is CCCCCC=CCC=CCCCCCCCCCCCC(=O)OC[C@H](COP(=O)(O)OCCN)OC(=O)CCCCCCCC=CCC=CCCCCC. The minimum Gasteiger partial charge on any atom is -0.462 e. The van der Waals surface area contributed by atoms with Crippen molar-refractivity contribution in [1.82, 2.24) is 0 Å². The van der Waals surface area contributed by atoms with Gasteiger partial charge in [0.25, 0.3) is 0 Å². The molecule has 0 amide bonds. The molecule has 0 aliphatic carbocycles. The van der Waals surface area contributed by atoms with E-state index < -0.39 is 32.5 Å². The van der Waals surface area contributed by atoms with Crippen molar-refractivity contribution in [1.29, 1.82) is 0 Å². The van der Waals surface area contributed by atoms with Gasteiger partial charge in [0.2, 0.25) is 0 Å². The van der Waals surface area contributed by atoms with Crippen molar-refractivity contribution >= 4 is 19.8 Å². The van der Waals surface area contributed by atoms with Crippen LogP contribution in [-0.2, 0) is 32.7 Å². The predicted molar refractivity (Wildman–Crippen MR) is 229 cm³/mol. The van der Waals surface area contributed by atoms with E-state index in [4.69, 9.17) is 24.3 Å². The maximum Gasteiger partial charge on any atom is 0.472 e. The Kier molecular flexibility index (Phi) is 40.1. The molecule has 2 atom stereocenters. The predicted octanol–water partition coefficient (Wildman–Crippen LogP) is 12.7. The molecule has 0 aromatic heterocycles. The molecule has 0 spiro atoms. The minimum absolute atomic E-state index is 0.0490. The first-order chi connectivity index (χ1) is 26.8. The number of nitrogens with two attached hydrogens (primary N) is 1. The highest BCUT2D eigenvalue weighted by atomic mass is 31.2. The zero-order valence-corrected chi connectivity index (χ0v) is 36.0. The van der Waals surface area contributed by atoms with Gasteiger partial charge >= 0.3 is 19.8 Å². The molecule has 10 heteroatoms. The highest BCUT2D eigenvalue weighted by Gasteiger charge is 2.26. The van der Waals surface area contributed by atoms with Gasteiger partial charge in [0.15, 0.2) is 6.10 Å². The first-order valence-corrected chi connectivity index (χ1v) is 23.6. The number of carbonyl (C=O) groups is 2. The summed E-state index contributed by atoms with van der Waals surface area (Å²) in [5.41, 5.74) is 5.35. The topological polar surface area (TPSA) is 134 Å². The highest BCUT2D eigenvalue weighted by Crippen LogP contribution is 2.43. The van der Waals surface area contributed by atoms with Gasteiger partial charge in [-0.1, -0.05) is 152 Å². The van der Waals surface area contributed by atoms with Gasteiger partial charge in [0.05, 0.1) is 13.2 Å². The maximum absolute atomic E-state index is 12.6. The number of ether oxygens (including phenoxy) is 2. The lowest BCUT2D eigenvalue weighted by atomic mass is 10.1. The Labute approximate surface area is 336 Å². The van der Waals surface area contributed by atoms with Gasteiger partial charge < -0.3 is 20.1 Å². The van der Waals surface area contributed by atoms with Gasteiger partial charge in [-0.3, -0.25) is 18.6 Å². The summed E-state index contributed by atoms with van der Waals surface area (Å²) in [7, 11) is -4.38. The quantitative estimate of drug-likeness (QED) is 0.0268. The second kappa shape index (κ2) is 41.6. The highest BCUT2D eigenvalue weighted by molar-refractivity contribution is 7.47. The van der Waals surface area contributed by atoms with E-state index in [1.165, 1.54) is 83.5 Å². The molecule has 0 rings (SSSR count). The van der Waals surface area contributed by atoms with Crippen LogP contribution < -0.4 is 5.73 Å². The molecule has 0 saturated heterocycles. The van der Waals surface area contributed by atoms with Crippen molar-refractivity contribution in [2.24, 2.45) is 5.73 Å². The number of carbonyl (C=O) groups excluding carboxylic acids is 2. The summed E-state index contributed by atoms with van der Waals surface area (Å²) < 4.78 is 32.8. The van der Waals surface area contributed by atoms with Gasteiger partial charge in [-0.2, -0.15) is 0 Å². The van der Waals surface area contributed by atoms with E-state index in [-0.39, 0.29) is 32.6 Å². The second-order valence-electron chi connectivity index (χ2n) is 14.6. The van der Waals surface area contributed by atoms with Crippen molar-refractivity contribution in [2.75, 3.05) is 26.4 Å². The zero-order chi connectivity index (χ0) is 40.3. The molecule has 320 valence electrons. The van der Waals surface area contributed by atoms with E-state index >= 15 is 0 Å². The van der Waals surface area contributed by atoms with Crippen LogP contribution in [0.5, 0.6) is 0 Å². The number of phosphoric acid groups is 1. The first-order valence-electron chi connectivity index (χ1n) is 22.1. The van der Waals surface area contributed by atoms with E-state index in [2.05, 4.69) is 62.5 Å². The molecule has 0 radical (unpaired) electrons. The van der Waals surface area contributed by atoms with E-state index in [1.54, 1.807) is 0 Å². The summed E-state index contributed by atoms with van der Waals surface area (Å²) in [6, 6.07) is 0. The number of allylic oxidation sites excluding steroid dienone is 8. The average molecular weight is 796 g/mol. The fourth-order valence-electron chi connectivity index (χ4n) is 5.87. The molecule has 0 bridgehead atoms. The van der Waals surface area contributed by atoms with Crippen LogP contribution in [0, 0.1) is 0 Å². The molecule has 0 aromatic rings. The van der Waals surface area contributed by atoms with Crippen LogP contribution in [0.1, 0.15) is 194 Å². The average Bonchev–Trinajstić information content (AvgIpc) is 3.17. The van der Waals surface area contributed by atoms with E-state index in [1.807, 2.05) is 0 Å². The summed E-state index contributed by atoms with van der Waals surface area (Å²) in [5.74, 6) is -0.849. The normalized spacial score (nSPS) is 13.7. The molecule has 0 aliphatic heterocycles. The van der Waals surface area contributed by atoms with Crippen LogP contribution in [0.25, 0.3) is 0 Å². The van der Waals surface area contributed by atoms with Crippen LogP contribution in [-0.4, -0.2) is 49.3 Å². The number of esters is 2. The number of hydrogen-bond donors (Lipinski definition) is 2. The van der Waals surface area contributed by atoms with Crippen molar-refractivity contribution in [3.63, 3.8) is 0 Å².